The Kier molecular flexibility index (Phi) is 7.18. The Morgan fingerprint density at radius 1 is 1.24 bits per heavy atom. The Bertz CT molecular complexity index is 1010. The van der Waals surface area contributed by atoms with Crippen LogP contribution < -0.4 is 10.1 Å². The van der Waals surface area contributed by atoms with Crippen molar-refractivity contribution in [3.63, 3.8) is 0 Å². The summed E-state index contributed by atoms with van der Waals surface area (Å²) in [7, 11) is 0. The molecule has 0 spiro atoms. The smallest absolute Gasteiger partial charge is 0.417 e. The summed E-state index contributed by atoms with van der Waals surface area (Å²) in [6.45, 7) is 1.25. The number of nitrogens with one attached hydrogen (secondary N) is 1. The molecule has 1 aromatic heterocycles. The van der Waals surface area contributed by atoms with E-state index in [0.717, 1.165) is 6.20 Å². The van der Waals surface area contributed by atoms with Gasteiger partial charge in [0, 0.05) is 12.6 Å². The maximum absolute atomic E-state index is 13.7. The van der Waals surface area contributed by atoms with Crippen LogP contribution in [-0.4, -0.2) is 27.7 Å². The van der Waals surface area contributed by atoms with Crippen molar-refractivity contribution < 1.29 is 36.6 Å². The van der Waals surface area contributed by atoms with Crippen molar-refractivity contribution in [1.29, 1.82) is 0 Å². The second-order valence-corrected chi connectivity index (χ2v) is 8.28. The lowest BCUT2D eigenvalue weighted by atomic mass is 9.86. The van der Waals surface area contributed by atoms with Crippen molar-refractivity contribution in [1.82, 2.24) is 10.3 Å². The number of amides is 1. The summed E-state index contributed by atoms with van der Waals surface area (Å²) in [5.41, 5.74) is -3.09. The third kappa shape index (κ3) is 5.73. The number of pyridine rings is 1. The Balaban J connectivity index is 1.97. The lowest BCUT2D eigenvalue weighted by Gasteiger charge is -2.34. The first-order valence-corrected chi connectivity index (χ1v) is 10.7. The summed E-state index contributed by atoms with van der Waals surface area (Å²) in [6, 6.07) is 5.00. The standard InChI is InChI=1S/C22H22ClF5N2O3/c1-2-21(24,25)33-14-7-5-6-13(12-14)18(20(32)9-3-4-10-20)30-19(31)17-16(23)15(8-11-29-17)22(26,27)28/h5-8,11-12,18,32H,2-4,9-10H2,1H3,(H,30,31). The molecule has 0 saturated heterocycles. The van der Waals surface area contributed by atoms with Gasteiger partial charge in [-0.2, -0.15) is 22.0 Å². The molecule has 1 aliphatic rings. The molecule has 0 radical (unpaired) electrons. The zero-order valence-electron chi connectivity index (χ0n) is 17.6. The van der Waals surface area contributed by atoms with E-state index >= 15 is 0 Å². The SMILES string of the molecule is CCC(F)(F)Oc1cccc(C(NC(=O)c2nccc(C(F)(F)F)c2Cl)C2(O)CCCC2)c1. The molecule has 2 N–H and O–H groups in total. The number of aromatic nitrogens is 1. The number of hydrogen-bond donors (Lipinski definition) is 2. The van der Waals surface area contributed by atoms with E-state index in [1.165, 1.54) is 31.2 Å². The quantitative estimate of drug-likeness (QED) is 0.471. The van der Waals surface area contributed by atoms with Crippen molar-refractivity contribution in [2.45, 2.75) is 63.0 Å². The number of carbonyl (C=O) groups is 1. The van der Waals surface area contributed by atoms with Crippen LogP contribution in [0.3, 0.4) is 0 Å². The molecule has 1 atom stereocenters. The number of benzene rings is 1. The molecular formula is C22H22ClF5N2O3. The number of ether oxygens (including phenoxy) is 1. The highest BCUT2D eigenvalue weighted by Gasteiger charge is 2.42. The normalized spacial score (nSPS) is 17.0. The molecule has 1 fully saturated rings. The lowest BCUT2D eigenvalue weighted by molar-refractivity contribution is -0.177. The summed E-state index contributed by atoms with van der Waals surface area (Å²) in [4.78, 5) is 16.6. The zero-order valence-corrected chi connectivity index (χ0v) is 18.3. The molecule has 180 valence electrons. The van der Waals surface area contributed by atoms with E-state index in [9.17, 15) is 31.9 Å². The molecule has 3 rings (SSSR count). The van der Waals surface area contributed by atoms with Gasteiger partial charge in [-0.25, -0.2) is 4.98 Å². The molecule has 0 aliphatic heterocycles. The molecule has 1 saturated carbocycles. The Labute approximate surface area is 191 Å². The van der Waals surface area contributed by atoms with Crippen molar-refractivity contribution in [2.24, 2.45) is 0 Å². The van der Waals surface area contributed by atoms with E-state index in [1.807, 2.05) is 0 Å². The largest absolute Gasteiger partial charge is 0.433 e. The number of aliphatic hydroxyl groups is 1. The van der Waals surface area contributed by atoms with Crippen LogP contribution in [0.15, 0.2) is 36.5 Å². The fourth-order valence-corrected chi connectivity index (χ4v) is 4.13. The monoisotopic (exact) mass is 492 g/mol. The van der Waals surface area contributed by atoms with Gasteiger partial charge < -0.3 is 15.2 Å². The van der Waals surface area contributed by atoms with E-state index in [1.54, 1.807) is 0 Å². The first-order chi connectivity index (χ1) is 15.4. The van der Waals surface area contributed by atoms with E-state index in [2.05, 4.69) is 10.3 Å². The summed E-state index contributed by atoms with van der Waals surface area (Å²) in [5, 5.41) is 12.8. The van der Waals surface area contributed by atoms with Gasteiger partial charge in [-0.3, -0.25) is 4.79 Å². The van der Waals surface area contributed by atoms with Crippen molar-refractivity contribution >= 4 is 17.5 Å². The molecule has 0 bridgehead atoms. The van der Waals surface area contributed by atoms with Gasteiger partial charge in [-0.05, 0) is 36.6 Å². The Morgan fingerprint density at radius 2 is 1.91 bits per heavy atom. The molecule has 1 aliphatic carbocycles. The molecule has 5 nitrogen and oxygen atoms in total. The summed E-state index contributed by atoms with van der Waals surface area (Å²) < 4.78 is 71.6. The van der Waals surface area contributed by atoms with Gasteiger partial charge in [-0.1, -0.05) is 43.5 Å². The number of carbonyl (C=O) groups excluding carboxylic acids is 1. The predicted molar refractivity (Wildman–Crippen MR) is 110 cm³/mol. The maximum Gasteiger partial charge on any atom is 0.417 e. The third-order valence-electron chi connectivity index (χ3n) is 5.56. The summed E-state index contributed by atoms with van der Waals surface area (Å²) >= 11 is 5.82. The van der Waals surface area contributed by atoms with Crippen LogP contribution in [-0.2, 0) is 6.18 Å². The first kappa shape index (κ1) is 25.2. The zero-order chi connectivity index (χ0) is 24.4. The highest BCUT2D eigenvalue weighted by Crippen LogP contribution is 2.41. The average molecular weight is 493 g/mol. The molecular weight excluding hydrogens is 471 g/mol. The fourth-order valence-electron chi connectivity index (χ4n) is 3.83. The summed E-state index contributed by atoms with van der Waals surface area (Å²) in [6.07, 6.45) is -6.10. The van der Waals surface area contributed by atoms with E-state index in [4.69, 9.17) is 16.3 Å². The van der Waals surface area contributed by atoms with Crippen LogP contribution >= 0.6 is 11.6 Å². The number of alkyl halides is 5. The Hall–Kier alpha value is -2.46. The maximum atomic E-state index is 13.7. The van der Waals surface area contributed by atoms with Crippen LogP contribution in [0.2, 0.25) is 5.02 Å². The molecule has 1 amide bonds. The van der Waals surface area contributed by atoms with Gasteiger partial charge >= 0.3 is 12.3 Å². The van der Waals surface area contributed by atoms with Gasteiger partial charge in [0.1, 0.15) is 11.4 Å². The topological polar surface area (TPSA) is 71.5 Å². The van der Waals surface area contributed by atoms with Crippen molar-refractivity contribution in [3.8, 4) is 5.75 Å². The number of nitrogens with zero attached hydrogens (tertiary/aromatic N) is 1. The third-order valence-corrected chi connectivity index (χ3v) is 5.94. The van der Waals surface area contributed by atoms with E-state index in [0.29, 0.717) is 18.9 Å². The van der Waals surface area contributed by atoms with E-state index < -0.39 is 52.5 Å². The van der Waals surface area contributed by atoms with Crippen LogP contribution in [0, 0.1) is 0 Å². The average Bonchev–Trinajstić information content (AvgIpc) is 3.18. The van der Waals surface area contributed by atoms with Gasteiger partial charge in [0.05, 0.1) is 22.2 Å². The van der Waals surface area contributed by atoms with Gasteiger partial charge in [-0.15, -0.1) is 0 Å². The Morgan fingerprint density at radius 3 is 2.52 bits per heavy atom. The summed E-state index contributed by atoms with van der Waals surface area (Å²) in [5.74, 6) is -1.22. The molecule has 1 heterocycles. The minimum Gasteiger partial charge on any atom is -0.433 e. The second kappa shape index (κ2) is 9.42. The molecule has 2 aromatic rings. The van der Waals surface area contributed by atoms with Crippen LogP contribution in [0.1, 0.15) is 66.7 Å². The van der Waals surface area contributed by atoms with Crippen LogP contribution in [0.5, 0.6) is 5.75 Å². The fraction of sp³-hybridized carbons (Fsp3) is 0.455. The number of rotatable bonds is 7. The van der Waals surface area contributed by atoms with Gasteiger partial charge in [0.15, 0.2) is 0 Å². The van der Waals surface area contributed by atoms with Gasteiger partial charge in [0.2, 0.25) is 0 Å². The van der Waals surface area contributed by atoms with Gasteiger partial charge in [0.25, 0.3) is 5.91 Å². The minimum atomic E-state index is -4.80. The van der Waals surface area contributed by atoms with Crippen LogP contribution in [0.4, 0.5) is 22.0 Å². The molecule has 1 unspecified atom stereocenters. The first-order valence-electron chi connectivity index (χ1n) is 10.3. The number of hydrogen-bond acceptors (Lipinski definition) is 4. The second-order valence-electron chi connectivity index (χ2n) is 7.90. The minimum absolute atomic E-state index is 0.185. The highest BCUT2D eigenvalue weighted by atomic mass is 35.5. The van der Waals surface area contributed by atoms with Crippen LogP contribution in [0.25, 0.3) is 0 Å². The highest BCUT2D eigenvalue weighted by molar-refractivity contribution is 6.34. The molecule has 11 heteroatoms. The van der Waals surface area contributed by atoms with Crippen molar-refractivity contribution in [3.05, 3.63) is 58.4 Å². The molecule has 33 heavy (non-hydrogen) atoms. The van der Waals surface area contributed by atoms with Crippen molar-refractivity contribution in [2.75, 3.05) is 0 Å². The number of halogens is 6. The van der Waals surface area contributed by atoms with E-state index in [-0.39, 0.29) is 24.2 Å². The lowest BCUT2D eigenvalue weighted by Crippen LogP contribution is -2.44. The predicted octanol–water partition coefficient (Wildman–Crippen LogP) is 5.91. The molecule has 1 aromatic carbocycles.